The molecule has 0 heterocycles. The van der Waals surface area contributed by atoms with Gasteiger partial charge in [0.15, 0.2) is 0 Å². The first kappa shape index (κ1) is 35.7. The molecule has 0 nitrogen and oxygen atoms in total. The molecule has 1 unspecified atom stereocenters. The summed E-state index contributed by atoms with van der Waals surface area (Å²) in [6.45, 7) is -4.48. The summed E-state index contributed by atoms with van der Waals surface area (Å²) in [5.41, 5.74) is -5.40. The highest BCUT2D eigenvalue weighted by atomic mass is 79.9. The maximum absolute atomic E-state index is 8.20. The molecule has 1 aliphatic carbocycles. The van der Waals surface area contributed by atoms with E-state index in [1.54, 1.807) is 144 Å². The van der Waals surface area contributed by atoms with E-state index in [2.05, 4.69) is 31.9 Å². The number of hydrogen-bond donors (Lipinski definition) is 0. The Morgan fingerprint density at radius 1 is 0.444 bits per heavy atom. The third kappa shape index (κ3) is 19.7. The van der Waals surface area contributed by atoms with Crippen molar-refractivity contribution in [3.63, 3.8) is 0 Å². The Labute approximate surface area is 379 Å². The largest absolute Gasteiger partial charge is 0.0582 e. The van der Waals surface area contributed by atoms with E-state index in [1.165, 1.54) is 30.8 Å². The van der Waals surface area contributed by atoms with Gasteiger partial charge in [-0.2, -0.15) is 0 Å². The van der Waals surface area contributed by atoms with Crippen molar-refractivity contribution >= 4 is 285 Å². The molecule has 1 aliphatic rings. The molecule has 0 bridgehead atoms. The van der Waals surface area contributed by atoms with Crippen molar-refractivity contribution in [2.45, 2.75) is 52.2 Å². The molecule has 0 aromatic heterocycles. The second kappa shape index (κ2) is 29.6. The topological polar surface area (TPSA) is 0 Å². The zero-order chi connectivity index (χ0) is 41.1. The highest BCUT2D eigenvalue weighted by molar-refractivity contribution is 9.13. The Morgan fingerprint density at radius 3 is 0.911 bits per heavy atom. The van der Waals surface area contributed by atoms with Crippen molar-refractivity contribution in [2.24, 2.45) is 5.41 Å². The van der Waals surface area contributed by atoms with Crippen molar-refractivity contribution in [3.8, 4) is 0 Å². The van der Waals surface area contributed by atoms with Gasteiger partial charge in [-0.15, -0.1) is 0 Å². The zero-order valence-corrected chi connectivity index (χ0v) is 47.4. The second-order valence-electron chi connectivity index (χ2n) is 7.08. The van der Waals surface area contributed by atoms with Gasteiger partial charge in [-0.3, -0.25) is 0 Å². The molecule has 0 saturated carbocycles. The van der Waals surface area contributed by atoms with Gasteiger partial charge >= 0.3 is 0 Å². The van der Waals surface area contributed by atoms with E-state index in [0.717, 1.165) is 0 Å². The van der Waals surface area contributed by atoms with E-state index >= 15 is 0 Å². The van der Waals surface area contributed by atoms with Crippen LogP contribution in [0.2, 0.25) is 0 Å². The smallest absolute Gasteiger partial charge is 0.0320 e. The molecule has 0 saturated heterocycles. The van der Waals surface area contributed by atoms with Gasteiger partial charge in [0.25, 0.3) is 0 Å². The molecule has 0 spiro atoms. The lowest BCUT2D eigenvalue weighted by Gasteiger charge is -2.44. The lowest BCUT2D eigenvalue weighted by Crippen LogP contribution is -2.42. The summed E-state index contributed by atoms with van der Waals surface area (Å²) in [6, 6.07) is 3.07. The van der Waals surface area contributed by atoms with Crippen molar-refractivity contribution in [1.29, 1.82) is 0 Å². The Hall–Kier alpha value is 6.34. The predicted octanol–water partition coefficient (Wildman–Crippen LogP) is 5.74. The van der Waals surface area contributed by atoms with Gasteiger partial charge < -0.3 is 0 Å². The van der Waals surface area contributed by atoms with Crippen LogP contribution in [-0.4, -0.2) is 0 Å². The van der Waals surface area contributed by atoms with Crippen LogP contribution < -0.4 is 0 Å². The average molecular weight is 1270 g/mol. The second-order valence-corrected chi connectivity index (χ2v) is 54.8. The number of hydrogen-bond acceptors (Lipinski definition) is 2. The van der Waals surface area contributed by atoms with Gasteiger partial charge in [0, 0.05) is 275 Å². The first-order chi connectivity index (χ1) is 25.2. The zero-order valence-electron chi connectivity index (χ0n) is 30.3. The monoisotopic (exact) mass is 1260 g/mol. The van der Waals surface area contributed by atoms with Crippen LogP contribution in [-0.2, 0) is 264 Å². The maximum Gasteiger partial charge on any atom is 0.0320 e. The van der Waals surface area contributed by atoms with Gasteiger partial charge in [-0.25, -0.2) is 0 Å². The van der Waals surface area contributed by atoms with Crippen molar-refractivity contribution < 1.29 is 12.3 Å². The normalized spacial score (nSPS) is 19.5. The van der Waals surface area contributed by atoms with Crippen LogP contribution in [0.4, 0.5) is 0 Å². The van der Waals surface area contributed by atoms with E-state index in [1.807, 2.05) is 88.8 Å². The van der Waals surface area contributed by atoms with Crippen molar-refractivity contribution in [2.75, 3.05) is 0 Å². The fourth-order valence-corrected chi connectivity index (χ4v) is 69.2. The summed E-state index contributed by atoms with van der Waals surface area (Å²) in [5.74, 6) is 0. The van der Waals surface area contributed by atoms with E-state index in [0.29, 0.717) is 14.5 Å². The summed E-state index contributed by atoms with van der Waals surface area (Å²) in [5, 5.41) is 0. The van der Waals surface area contributed by atoms with Gasteiger partial charge in [-0.05, 0) is 71.4 Å². The van der Waals surface area contributed by atoms with E-state index < -0.39 is 36.8 Å². The molecule has 2 rings (SSSR count). The van der Waals surface area contributed by atoms with Crippen LogP contribution >= 0.6 is 31.9 Å². The molecule has 1 aromatic carbocycles. The molecular formula is C15H20Br2S28. The van der Waals surface area contributed by atoms with Crippen LogP contribution in [0, 0.1) is 5.41 Å². The SMILES string of the molecule is S=S=S=S=S=S=S=S=S=S=S=S=S=S=S=S=S=S=S=S=S=S=S=S=S=S=S=S.[2H]C([2H])([2H])C1(C)C(C)(C)c2cc(Br)c(Br)cc2C1(C([2H])([2H])[2H])C([2H])([2H])[2H]. The van der Waals surface area contributed by atoms with Gasteiger partial charge in [0.2, 0.25) is 0 Å². The third-order valence-electron chi connectivity index (χ3n) is 4.83. The Kier molecular flexibility index (Phi) is 23.5. The molecular weight excluding hydrogens is 1240 g/mol. The number of halogens is 2. The van der Waals surface area contributed by atoms with Crippen LogP contribution in [0.25, 0.3) is 0 Å². The number of rotatable bonds is 0. The summed E-state index contributed by atoms with van der Waals surface area (Å²) < 4.78 is 74.8. The first-order valence-corrected chi connectivity index (χ1v) is 47.4. The molecule has 0 amide bonds. The first-order valence-electron chi connectivity index (χ1n) is 14.3. The minimum atomic E-state index is -3.07. The third-order valence-corrected chi connectivity index (χ3v) is 62.2. The van der Waals surface area contributed by atoms with Gasteiger partial charge in [0.1, 0.15) is 0 Å². The lowest BCUT2D eigenvalue weighted by molar-refractivity contribution is 0.125. The highest BCUT2D eigenvalue weighted by Gasteiger charge is 2.56. The average Bonchev–Trinajstić information content (AvgIpc) is 3.23. The summed E-state index contributed by atoms with van der Waals surface area (Å²) >= 11 is 16.2. The standard InChI is InChI=1S/C15H20Br2.S28/c1-13(2)9-7-11(16)12(17)8-10(9)14(3,4)15(13,5)6;1-3-5-7-9-11-13-15-17-19-21-23-25-27-28-26-24-22-20-18-16-14-12-10-8-6-4-2/h7-8H,1-6H3;/i1D3,2D3,5D3;. The molecule has 0 N–H and O–H groups in total. The van der Waals surface area contributed by atoms with E-state index in [-0.39, 0.29) is 5.56 Å². The van der Waals surface area contributed by atoms with Crippen molar-refractivity contribution in [3.05, 3.63) is 32.2 Å². The molecule has 262 valence electrons. The molecule has 1 atom stereocenters. The number of fused-ring (bicyclic) bond motifs is 1. The van der Waals surface area contributed by atoms with Gasteiger partial charge in [0.05, 0.1) is 0 Å². The highest BCUT2D eigenvalue weighted by Crippen LogP contribution is 2.62. The van der Waals surface area contributed by atoms with Gasteiger partial charge in [-0.1, -0.05) is 41.3 Å². The molecule has 0 fully saturated rings. The Morgan fingerprint density at radius 2 is 0.689 bits per heavy atom. The predicted molar refractivity (Wildman–Crippen MR) is 288 cm³/mol. The van der Waals surface area contributed by atoms with Crippen molar-refractivity contribution in [1.82, 2.24) is 0 Å². The summed E-state index contributed by atoms with van der Waals surface area (Å²) in [4.78, 5) is 0. The minimum Gasteiger partial charge on any atom is -0.0582 e. The molecule has 30 heteroatoms. The molecule has 45 heavy (non-hydrogen) atoms. The fourth-order valence-electron chi connectivity index (χ4n) is 2.65. The summed E-state index contributed by atoms with van der Waals surface area (Å²) in [6.07, 6.45) is 0. The van der Waals surface area contributed by atoms with E-state index in [9.17, 15) is 0 Å². The quantitative estimate of drug-likeness (QED) is 0.326. The fraction of sp³-hybridized carbons (Fsp3) is 0.600. The van der Waals surface area contributed by atoms with Crippen LogP contribution in [0.1, 0.15) is 64.8 Å². The van der Waals surface area contributed by atoms with Crippen LogP contribution in [0.15, 0.2) is 21.1 Å². The number of benzene rings is 1. The Bertz CT molecular complexity index is 2640. The molecule has 0 aliphatic heterocycles. The van der Waals surface area contributed by atoms with Crippen LogP contribution in [0.3, 0.4) is 0 Å². The minimum absolute atomic E-state index is 0.0381. The molecule has 1 aromatic rings. The lowest BCUT2D eigenvalue weighted by atomic mass is 9.59. The van der Waals surface area contributed by atoms with E-state index in [4.69, 9.17) is 34.7 Å². The Balaban J connectivity index is 0.000000541. The van der Waals surface area contributed by atoms with Crippen LogP contribution in [0.5, 0.6) is 0 Å². The summed E-state index contributed by atoms with van der Waals surface area (Å²) in [7, 11) is 45.4. The molecule has 0 radical (unpaired) electrons. The maximum atomic E-state index is 8.20.